The van der Waals surface area contributed by atoms with Gasteiger partial charge >= 0.3 is 0 Å². The van der Waals surface area contributed by atoms with Crippen LogP contribution in [0.5, 0.6) is 0 Å². The van der Waals surface area contributed by atoms with E-state index in [9.17, 15) is 4.79 Å². The van der Waals surface area contributed by atoms with E-state index < -0.39 is 0 Å². The predicted octanol–water partition coefficient (Wildman–Crippen LogP) is 3.28. The highest BCUT2D eigenvalue weighted by Gasteiger charge is 2.22. The number of hydrogen-bond donors (Lipinski definition) is 1. The fourth-order valence-electron chi connectivity index (χ4n) is 2.45. The van der Waals surface area contributed by atoms with Crippen LogP contribution in [0.1, 0.15) is 35.0 Å². The number of nitrogens with zero attached hydrogens (tertiary/aromatic N) is 1. The van der Waals surface area contributed by atoms with E-state index in [1.807, 2.05) is 17.9 Å². The van der Waals surface area contributed by atoms with Gasteiger partial charge in [-0.3, -0.25) is 4.79 Å². The maximum absolute atomic E-state index is 12.5. The van der Waals surface area contributed by atoms with Gasteiger partial charge in [-0.2, -0.15) is 0 Å². The number of hydrogen-bond acceptors (Lipinski definition) is 3. The lowest BCUT2D eigenvalue weighted by atomic mass is 9.97. The van der Waals surface area contributed by atoms with Crippen molar-refractivity contribution in [3.05, 3.63) is 20.3 Å². The third-order valence-corrected chi connectivity index (χ3v) is 5.80. The lowest BCUT2D eigenvalue weighted by Crippen LogP contribution is -2.39. The van der Waals surface area contributed by atoms with Crippen LogP contribution in [-0.2, 0) is 0 Å². The molecule has 1 aliphatic heterocycles. The fraction of sp³-hybridized carbons (Fsp3) is 0.643. The first kappa shape index (κ1) is 15.0. The molecule has 0 atom stereocenters. The third-order valence-electron chi connectivity index (χ3n) is 3.67. The van der Waals surface area contributed by atoms with Gasteiger partial charge in [-0.1, -0.05) is 0 Å². The molecule has 0 unspecified atom stereocenters. The summed E-state index contributed by atoms with van der Waals surface area (Å²) in [5, 5.41) is 3.37. The Bertz CT molecular complexity index is 421. The van der Waals surface area contributed by atoms with Crippen LogP contribution in [-0.4, -0.2) is 37.0 Å². The van der Waals surface area contributed by atoms with Crippen molar-refractivity contribution >= 4 is 33.2 Å². The molecule has 0 bridgehead atoms. The first-order valence-electron chi connectivity index (χ1n) is 6.87. The first-order valence-corrected chi connectivity index (χ1v) is 8.48. The minimum absolute atomic E-state index is 0.180. The summed E-state index contributed by atoms with van der Waals surface area (Å²) in [6, 6.07) is 1.99. The van der Waals surface area contributed by atoms with Crippen molar-refractivity contribution < 1.29 is 4.79 Å². The molecular weight excluding hydrogens is 324 g/mol. The number of rotatable bonds is 4. The van der Waals surface area contributed by atoms with Gasteiger partial charge in [-0.25, -0.2) is 0 Å². The van der Waals surface area contributed by atoms with Crippen molar-refractivity contribution in [2.24, 2.45) is 5.92 Å². The molecule has 106 valence electrons. The third kappa shape index (κ3) is 3.80. The van der Waals surface area contributed by atoms with Gasteiger partial charge in [0, 0.05) is 13.1 Å². The topological polar surface area (TPSA) is 32.3 Å². The predicted molar refractivity (Wildman–Crippen MR) is 83.9 cm³/mol. The molecule has 0 aliphatic carbocycles. The molecule has 0 spiro atoms. The Labute approximate surface area is 127 Å². The second kappa shape index (κ2) is 6.86. The molecule has 2 heterocycles. The van der Waals surface area contributed by atoms with E-state index in [2.05, 4.69) is 28.2 Å². The lowest BCUT2D eigenvalue weighted by molar-refractivity contribution is 0.0731. The zero-order chi connectivity index (χ0) is 13.8. The van der Waals surface area contributed by atoms with Gasteiger partial charge in [0.1, 0.15) is 0 Å². The summed E-state index contributed by atoms with van der Waals surface area (Å²) in [7, 11) is 0. The van der Waals surface area contributed by atoms with E-state index in [4.69, 9.17) is 0 Å². The average molecular weight is 345 g/mol. The molecule has 0 aromatic carbocycles. The number of thiophene rings is 1. The van der Waals surface area contributed by atoms with E-state index in [-0.39, 0.29) is 5.91 Å². The Hall–Kier alpha value is -0.390. The van der Waals surface area contributed by atoms with Crippen LogP contribution in [0.3, 0.4) is 0 Å². The molecule has 2 rings (SSSR count). The molecule has 3 nitrogen and oxygen atoms in total. The smallest absolute Gasteiger partial charge is 0.263 e. The van der Waals surface area contributed by atoms with Crippen LogP contribution in [0.4, 0.5) is 0 Å². The molecule has 1 aliphatic rings. The van der Waals surface area contributed by atoms with Crippen molar-refractivity contribution in [2.75, 3.05) is 26.2 Å². The Kier molecular flexibility index (Phi) is 5.42. The summed E-state index contributed by atoms with van der Waals surface area (Å²) in [5.74, 6) is 0.828. The molecule has 1 aromatic heterocycles. The maximum atomic E-state index is 12.5. The minimum atomic E-state index is 0.180. The summed E-state index contributed by atoms with van der Waals surface area (Å²) in [6.07, 6.45) is 2.36. The van der Waals surface area contributed by atoms with Crippen LogP contribution < -0.4 is 5.32 Å². The maximum Gasteiger partial charge on any atom is 0.263 e. The molecule has 1 fully saturated rings. The van der Waals surface area contributed by atoms with Crippen LogP contribution in [0.2, 0.25) is 0 Å². The quantitative estimate of drug-likeness (QED) is 0.908. The second-order valence-corrected chi connectivity index (χ2v) is 7.47. The largest absolute Gasteiger partial charge is 0.338 e. The summed E-state index contributed by atoms with van der Waals surface area (Å²) in [4.78, 5) is 15.4. The van der Waals surface area contributed by atoms with Gasteiger partial charge in [0.05, 0.1) is 8.66 Å². The zero-order valence-corrected chi connectivity index (χ0v) is 13.9. The van der Waals surface area contributed by atoms with Crippen molar-refractivity contribution in [3.8, 4) is 0 Å². The van der Waals surface area contributed by atoms with Crippen molar-refractivity contribution in [1.29, 1.82) is 0 Å². The number of nitrogens with one attached hydrogen (secondary N) is 1. The number of carbonyl (C=O) groups is 1. The zero-order valence-electron chi connectivity index (χ0n) is 11.5. The van der Waals surface area contributed by atoms with Crippen LogP contribution in [0.25, 0.3) is 0 Å². The van der Waals surface area contributed by atoms with E-state index in [0.29, 0.717) is 5.92 Å². The average Bonchev–Trinajstić information content (AvgIpc) is 2.76. The van der Waals surface area contributed by atoms with Gasteiger partial charge in [0.15, 0.2) is 0 Å². The van der Waals surface area contributed by atoms with Gasteiger partial charge in [-0.15, -0.1) is 11.3 Å². The highest BCUT2D eigenvalue weighted by Crippen LogP contribution is 2.28. The summed E-state index contributed by atoms with van der Waals surface area (Å²) in [5.41, 5.74) is 1.14. The molecular formula is C14H21BrN2OS. The van der Waals surface area contributed by atoms with E-state index in [1.54, 1.807) is 11.3 Å². The normalized spacial score (nSPS) is 16.6. The Morgan fingerprint density at radius 1 is 1.53 bits per heavy atom. The summed E-state index contributed by atoms with van der Waals surface area (Å²) >= 11 is 5.03. The van der Waals surface area contributed by atoms with Crippen LogP contribution in [0.15, 0.2) is 9.85 Å². The Morgan fingerprint density at radius 3 is 2.74 bits per heavy atom. The highest BCUT2D eigenvalue weighted by atomic mass is 79.9. The summed E-state index contributed by atoms with van der Waals surface area (Å²) < 4.78 is 1.06. The molecule has 1 saturated heterocycles. The molecule has 1 N–H and O–H groups in total. The Balaban J connectivity index is 2.01. The van der Waals surface area contributed by atoms with Gasteiger partial charge < -0.3 is 10.2 Å². The number of carbonyl (C=O) groups excluding carboxylic acids is 1. The van der Waals surface area contributed by atoms with E-state index >= 15 is 0 Å². The standard InChI is InChI=1S/C14H21BrN2OS/c1-3-17(9-11-4-6-16-7-5-11)14(18)12-8-10(2)13(15)19-12/h8,11,16H,3-7,9H2,1-2H3. The number of amides is 1. The molecule has 1 aromatic rings. The van der Waals surface area contributed by atoms with Gasteiger partial charge in [-0.05, 0) is 73.3 Å². The van der Waals surface area contributed by atoms with Crippen LogP contribution in [0, 0.1) is 12.8 Å². The monoisotopic (exact) mass is 344 g/mol. The van der Waals surface area contributed by atoms with E-state index in [0.717, 1.165) is 40.4 Å². The molecule has 19 heavy (non-hydrogen) atoms. The highest BCUT2D eigenvalue weighted by molar-refractivity contribution is 9.11. The molecule has 5 heteroatoms. The Morgan fingerprint density at radius 2 is 2.21 bits per heavy atom. The number of piperidine rings is 1. The van der Waals surface area contributed by atoms with Crippen molar-refractivity contribution in [2.45, 2.75) is 26.7 Å². The molecule has 0 radical (unpaired) electrons. The van der Waals surface area contributed by atoms with Crippen LogP contribution >= 0.6 is 27.3 Å². The second-order valence-electron chi connectivity index (χ2n) is 5.10. The number of aryl methyl sites for hydroxylation is 1. The van der Waals surface area contributed by atoms with Gasteiger partial charge in [0.2, 0.25) is 0 Å². The number of halogens is 1. The SMILES string of the molecule is CCN(CC1CCNCC1)C(=O)c1cc(C)c(Br)s1. The molecule has 0 saturated carbocycles. The summed E-state index contributed by atoms with van der Waals surface area (Å²) in [6.45, 7) is 7.94. The van der Waals surface area contributed by atoms with E-state index in [1.165, 1.54) is 12.8 Å². The van der Waals surface area contributed by atoms with Gasteiger partial charge in [0.25, 0.3) is 5.91 Å². The fourth-order valence-corrected chi connectivity index (χ4v) is 3.96. The lowest BCUT2D eigenvalue weighted by Gasteiger charge is -2.29. The first-order chi connectivity index (χ1) is 9.11. The minimum Gasteiger partial charge on any atom is -0.338 e. The van der Waals surface area contributed by atoms with Crippen molar-refractivity contribution in [1.82, 2.24) is 10.2 Å². The molecule has 1 amide bonds. The van der Waals surface area contributed by atoms with Crippen molar-refractivity contribution in [3.63, 3.8) is 0 Å².